The zero-order chi connectivity index (χ0) is 12.3. The summed E-state index contributed by atoms with van der Waals surface area (Å²) in [5, 5.41) is 0. The number of anilines is 1. The van der Waals surface area contributed by atoms with Gasteiger partial charge in [-0.25, -0.2) is 0 Å². The Labute approximate surface area is 104 Å². The molecule has 0 aliphatic heterocycles. The molecule has 0 unspecified atom stereocenters. The molecular weight excluding hydrogens is 234 g/mol. The highest BCUT2D eigenvalue weighted by Gasteiger charge is 2.06. The summed E-state index contributed by atoms with van der Waals surface area (Å²) in [5.41, 5.74) is 6.92. The predicted molar refractivity (Wildman–Crippen MR) is 69.1 cm³/mol. The average molecular weight is 247 g/mol. The summed E-state index contributed by atoms with van der Waals surface area (Å²) < 4.78 is 5.24. The Hall–Kier alpha value is -1.68. The number of furan rings is 1. The molecule has 2 N–H and O–H groups in total. The zero-order valence-corrected chi connectivity index (χ0v) is 10.3. The number of Topliss-reactive ketones (excluding diaryl/α,β-unsaturated/α-hetero) is 1. The number of nitrogen functional groups attached to an aromatic ring is 1. The van der Waals surface area contributed by atoms with Crippen molar-refractivity contribution in [2.75, 3.05) is 5.73 Å². The Bertz CT molecular complexity index is 520. The maximum Gasteiger partial charge on any atom is 0.161 e. The van der Waals surface area contributed by atoms with Gasteiger partial charge in [0.2, 0.25) is 0 Å². The molecule has 0 aliphatic carbocycles. The van der Waals surface area contributed by atoms with Crippen LogP contribution in [0, 0.1) is 0 Å². The lowest BCUT2D eigenvalue weighted by atomic mass is 10.1. The van der Waals surface area contributed by atoms with Gasteiger partial charge in [-0.2, -0.15) is 0 Å². The minimum Gasteiger partial charge on any atom is -0.468 e. The van der Waals surface area contributed by atoms with Crippen molar-refractivity contribution in [2.45, 2.75) is 17.6 Å². The van der Waals surface area contributed by atoms with E-state index in [2.05, 4.69) is 0 Å². The number of thioether (sulfide) groups is 1. The summed E-state index contributed by atoms with van der Waals surface area (Å²) in [4.78, 5) is 12.3. The molecule has 0 saturated heterocycles. The van der Waals surface area contributed by atoms with Crippen LogP contribution in [0.2, 0.25) is 0 Å². The molecule has 3 nitrogen and oxygen atoms in total. The van der Waals surface area contributed by atoms with E-state index < -0.39 is 0 Å². The standard InChI is InChI=1S/C13H13NO2S/c1-9(15)12-5-4-11(7-13(12)14)17-8-10-3-2-6-16-10/h2-7H,8,14H2,1H3. The van der Waals surface area contributed by atoms with Crippen LogP contribution in [-0.2, 0) is 5.75 Å². The van der Waals surface area contributed by atoms with Crippen molar-refractivity contribution in [3.05, 3.63) is 47.9 Å². The van der Waals surface area contributed by atoms with Gasteiger partial charge < -0.3 is 10.2 Å². The molecule has 0 fully saturated rings. The summed E-state index contributed by atoms with van der Waals surface area (Å²) in [6, 6.07) is 9.29. The third-order valence-electron chi connectivity index (χ3n) is 2.36. The topological polar surface area (TPSA) is 56.2 Å². The molecule has 0 aliphatic rings. The maximum absolute atomic E-state index is 11.2. The second-order valence-corrected chi connectivity index (χ2v) is 4.72. The highest BCUT2D eigenvalue weighted by atomic mass is 32.2. The maximum atomic E-state index is 11.2. The van der Waals surface area contributed by atoms with Crippen molar-refractivity contribution in [3.63, 3.8) is 0 Å². The molecule has 4 heteroatoms. The van der Waals surface area contributed by atoms with Gasteiger partial charge in [0.25, 0.3) is 0 Å². The quantitative estimate of drug-likeness (QED) is 0.511. The molecule has 1 heterocycles. The van der Waals surface area contributed by atoms with Crippen LogP contribution < -0.4 is 5.73 Å². The molecule has 1 aromatic heterocycles. The average Bonchev–Trinajstić information content (AvgIpc) is 2.78. The molecule has 0 radical (unpaired) electrons. The van der Waals surface area contributed by atoms with Crippen molar-refractivity contribution in [3.8, 4) is 0 Å². The summed E-state index contributed by atoms with van der Waals surface area (Å²) in [5.74, 6) is 1.67. The van der Waals surface area contributed by atoms with Crippen LogP contribution in [0.4, 0.5) is 5.69 Å². The lowest BCUT2D eigenvalue weighted by Gasteiger charge is -2.05. The van der Waals surface area contributed by atoms with E-state index in [4.69, 9.17) is 10.2 Å². The molecule has 2 rings (SSSR count). The van der Waals surface area contributed by atoms with Gasteiger partial charge in [-0.15, -0.1) is 11.8 Å². The van der Waals surface area contributed by atoms with Crippen LogP contribution in [0.15, 0.2) is 45.9 Å². The van der Waals surface area contributed by atoms with Gasteiger partial charge in [-0.05, 0) is 37.3 Å². The molecule has 1 aromatic carbocycles. The van der Waals surface area contributed by atoms with Gasteiger partial charge >= 0.3 is 0 Å². The molecule has 88 valence electrons. The van der Waals surface area contributed by atoms with Crippen molar-refractivity contribution in [1.29, 1.82) is 0 Å². The van der Waals surface area contributed by atoms with Crippen LogP contribution >= 0.6 is 11.8 Å². The lowest BCUT2D eigenvalue weighted by molar-refractivity contribution is 0.101. The monoisotopic (exact) mass is 247 g/mol. The first kappa shape index (κ1) is 11.8. The molecule has 0 saturated carbocycles. The number of carbonyl (C=O) groups is 1. The third-order valence-corrected chi connectivity index (χ3v) is 3.38. The van der Waals surface area contributed by atoms with Gasteiger partial charge in [0.1, 0.15) is 5.76 Å². The Morgan fingerprint density at radius 1 is 1.41 bits per heavy atom. The number of nitrogens with two attached hydrogens (primary N) is 1. The second kappa shape index (κ2) is 5.10. The number of benzene rings is 1. The Kier molecular flexibility index (Phi) is 3.54. The van der Waals surface area contributed by atoms with E-state index in [1.165, 1.54) is 6.92 Å². The van der Waals surface area contributed by atoms with Crippen molar-refractivity contribution in [1.82, 2.24) is 0 Å². The van der Waals surface area contributed by atoms with E-state index in [9.17, 15) is 4.79 Å². The van der Waals surface area contributed by atoms with Crippen molar-refractivity contribution < 1.29 is 9.21 Å². The normalized spacial score (nSPS) is 10.4. The highest BCUT2D eigenvalue weighted by molar-refractivity contribution is 7.98. The largest absolute Gasteiger partial charge is 0.468 e. The second-order valence-electron chi connectivity index (χ2n) is 3.67. The first-order valence-corrected chi connectivity index (χ1v) is 6.21. The van der Waals surface area contributed by atoms with Gasteiger partial charge in [0.05, 0.1) is 12.0 Å². The Balaban J connectivity index is 2.07. The molecule has 0 spiro atoms. The van der Waals surface area contributed by atoms with Crippen LogP contribution in [0.1, 0.15) is 23.0 Å². The Morgan fingerprint density at radius 3 is 2.82 bits per heavy atom. The van der Waals surface area contributed by atoms with Crippen LogP contribution in [0.3, 0.4) is 0 Å². The highest BCUT2D eigenvalue weighted by Crippen LogP contribution is 2.26. The molecule has 0 amide bonds. The fourth-order valence-corrected chi connectivity index (χ4v) is 2.35. The summed E-state index contributed by atoms with van der Waals surface area (Å²) in [6.45, 7) is 1.52. The summed E-state index contributed by atoms with van der Waals surface area (Å²) >= 11 is 1.63. The third kappa shape index (κ3) is 2.91. The van der Waals surface area contributed by atoms with Crippen LogP contribution in [0.25, 0.3) is 0 Å². The van der Waals surface area contributed by atoms with Gasteiger partial charge in [0, 0.05) is 16.1 Å². The minimum atomic E-state index is -0.00918. The molecule has 17 heavy (non-hydrogen) atoms. The van der Waals surface area contributed by atoms with Crippen LogP contribution in [-0.4, -0.2) is 5.78 Å². The Morgan fingerprint density at radius 2 is 2.24 bits per heavy atom. The first-order chi connectivity index (χ1) is 8.16. The van der Waals surface area contributed by atoms with Gasteiger partial charge in [-0.3, -0.25) is 4.79 Å². The number of hydrogen-bond acceptors (Lipinski definition) is 4. The van der Waals surface area contributed by atoms with E-state index in [0.29, 0.717) is 11.3 Å². The number of rotatable bonds is 4. The summed E-state index contributed by atoms with van der Waals surface area (Å²) in [6.07, 6.45) is 1.66. The SMILES string of the molecule is CC(=O)c1ccc(SCc2ccco2)cc1N. The molecular formula is C13H13NO2S. The van der Waals surface area contributed by atoms with E-state index in [0.717, 1.165) is 16.4 Å². The van der Waals surface area contributed by atoms with Gasteiger partial charge in [-0.1, -0.05) is 0 Å². The van der Waals surface area contributed by atoms with E-state index >= 15 is 0 Å². The zero-order valence-electron chi connectivity index (χ0n) is 9.47. The molecule has 0 atom stereocenters. The van der Waals surface area contributed by atoms with Gasteiger partial charge in [0.15, 0.2) is 5.78 Å². The first-order valence-electron chi connectivity index (χ1n) is 5.22. The fraction of sp³-hybridized carbons (Fsp3) is 0.154. The van der Waals surface area contributed by atoms with E-state index in [1.807, 2.05) is 24.3 Å². The lowest BCUT2D eigenvalue weighted by Crippen LogP contribution is -1.99. The molecule has 2 aromatic rings. The van der Waals surface area contributed by atoms with Crippen molar-refractivity contribution in [2.24, 2.45) is 0 Å². The number of hydrogen-bond donors (Lipinski definition) is 1. The number of ketones is 1. The predicted octanol–water partition coefficient (Wildman–Crippen LogP) is 3.36. The molecule has 0 bridgehead atoms. The fourth-order valence-electron chi connectivity index (χ4n) is 1.50. The number of carbonyl (C=O) groups excluding carboxylic acids is 1. The van der Waals surface area contributed by atoms with E-state index in [-0.39, 0.29) is 5.78 Å². The van der Waals surface area contributed by atoms with Crippen LogP contribution in [0.5, 0.6) is 0 Å². The van der Waals surface area contributed by atoms with E-state index in [1.54, 1.807) is 24.1 Å². The summed E-state index contributed by atoms with van der Waals surface area (Å²) in [7, 11) is 0. The smallest absolute Gasteiger partial charge is 0.161 e. The van der Waals surface area contributed by atoms with Crippen molar-refractivity contribution >= 4 is 23.2 Å². The minimum absolute atomic E-state index is 0.00918.